The van der Waals surface area contributed by atoms with E-state index in [9.17, 15) is 0 Å². The van der Waals surface area contributed by atoms with Gasteiger partial charge in [-0.2, -0.15) is 0 Å². The molecule has 122 valence electrons. The normalized spacial score (nSPS) is 19.4. The Hall–Kier alpha value is -2.41. The topological polar surface area (TPSA) is 64.9 Å². The highest BCUT2D eigenvalue weighted by atomic mass is 79.9. The maximum Gasteiger partial charge on any atom is 0.243 e. The summed E-state index contributed by atoms with van der Waals surface area (Å²) < 4.78 is 8.43. The number of hydrogen-bond donors (Lipinski definition) is 1. The number of fused-ring (bicyclic) bond motifs is 1. The molecule has 3 aromatic rings. The molecule has 6 nitrogen and oxygen atoms in total. The van der Waals surface area contributed by atoms with E-state index in [1.165, 1.54) is 5.56 Å². The second kappa shape index (κ2) is 6.24. The van der Waals surface area contributed by atoms with Crippen LogP contribution in [0.15, 0.2) is 53.0 Å². The lowest BCUT2D eigenvalue weighted by Crippen LogP contribution is -2.28. The van der Waals surface area contributed by atoms with Crippen molar-refractivity contribution in [1.82, 2.24) is 20.2 Å². The minimum atomic E-state index is 0.0149. The summed E-state index contributed by atoms with van der Waals surface area (Å²) in [5, 5.41) is 15.5. The molecule has 2 heterocycles. The number of halogens is 1. The molecule has 1 N–H and O–H groups in total. The zero-order valence-electron chi connectivity index (χ0n) is 13.1. The SMILES string of the molecule is COc1ccccc1[C@H]1C[C@@H](c2ccc(Br)cc2)Nc2nnnn21. The highest BCUT2D eigenvalue weighted by molar-refractivity contribution is 9.10. The quantitative estimate of drug-likeness (QED) is 0.745. The van der Waals surface area contributed by atoms with Crippen molar-refractivity contribution in [1.29, 1.82) is 0 Å². The molecule has 0 unspecified atom stereocenters. The van der Waals surface area contributed by atoms with Crippen molar-refractivity contribution in [3.05, 3.63) is 64.1 Å². The van der Waals surface area contributed by atoms with Crippen LogP contribution < -0.4 is 10.1 Å². The van der Waals surface area contributed by atoms with Crippen molar-refractivity contribution < 1.29 is 4.74 Å². The number of nitrogens with one attached hydrogen (secondary N) is 1. The first-order chi connectivity index (χ1) is 11.8. The van der Waals surface area contributed by atoms with Gasteiger partial charge in [0, 0.05) is 10.0 Å². The Morgan fingerprint density at radius 1 is 1.17 bits per heavy atom. The summed E-state index contributed by atoms with van der Waals surface area (Å²) in [5.41, 5.74) is 2.28. The summed E-state index contributed by atoms with van der Waals surface area (Å²) in [5.74, 6) is 1.52. The number of tetrazole rings is 1. The average molecular weight is 386 g/mol. The van der Waals surface area contributed by atoms with E-state index in [-0.39, 0.29) is 12.1 Å². The fourth-order valence-corrected chi connectivity index (χ4v) is 3.42. The maximum absolute atomic E-state index is 5.54. The van der Waals surface area contributed by atoms with Crippen LogP contribution in [0.3, 0.4) is 0 Å². The molecule has 0 amide bonds. The van der Waals surface area contributed by atoms with Crippen LogP contribution in [-0.4, -0.2) is 27.3 Å². The van der Waals surface area contributed by atoms with Crippen molar-refractivity contribution in [2.75, 3.05) is 12.4 Å². The molecule has 0 saturated heterocycles. The zero-order chi connectivity index (χ0) is 16.5. The van der Waals surface area contributed by atoms with E-state index >= 15 is 0 Å². The number of para-hydroxylation sites is 1. The van der Waals surface area contributed by atoms with E-state index in [2.05, 4.69) is 55.0 Å². The van der Waals surface area contributed by atoms with Gasteiger partial charge in [0.25, 0.3) is 0 Å². The first-order valence-electron chi connectivity index (χ1n) is 7.69. The predicted octanol–water partition coefficient (Wildman–Crippen LogP) is 3.59. The molecule has 2 aromatic carbocycles. The second-order valence-electron chi connectivity index (χ2n) is 5.69. The molecular formula is C17H16BrN5O. The number of ether oxygens (including phenoxy) is 1. The van der Waals surface area contributed by atoms with Crippen LogP contribution >= 0.6 is 15.9 Å². The van der Waals surface area contributed by atoms with Gasteiger partial charge in [0.2, 0.25) is 5.95 Å². The number of aromatic nitrogens is 4. The number of nitrogens with zero attached hydrogens (tertiary/aromatic N) is 4. The van der Waals surface area contributed by atoms with E-state index in [1.54, 1.807) is 7.11 Å². The van der Waals surface area contributed by atoms with Gasteiger partial charge in [-0.15, -0.1) is 0 Å². The van der Waals surface area contributed by atoms with E-state index in [1.807, 2.05) is 35.0 Å². The van der Waals surface area contributed by atoms with Gasteiger partial charge in [0.15, 0.2) is 0 Å². The summed E-state index contributed by atoms with van der Waals surface area (Å²) >= 11 is 3.48. The van der Waals surface area contributed by atoms with E-state index < -0.39 is 0 Å². The summed E-state index contributed by atoms with van der Waals surface area (Å²) in [6.45, 7) is 0. The first kappa shape index (κ1) is 15.1. The van der Waals surface area contributed by atoms with Gasteiger partial charge in [0.1, 0.15) is 5.75 Å². The Morgan fingerprint density at radius 2 is 1.96 bits per heavy atom. The third kappa shape index (κ3) is 2.65. The van der Waals surface area contributed by atoms with Crippen LogP contribution in [0, 0.1) is 0 Å². The number of anilines is 1. The third-order valence-corrected chi connectivity index (χ3v) is 4.85. The summed E-state index contributed by atoms with van der Waals surface area (Å²) in [6.07, 6.45) is 0.833. The molecular weight excluding hydrogens is 370 g/mol. The molecule has 0 saturated carbocycles. The van der Waals surface area contributed by atoms with E-state index in [0.29, 0.717) is 5.95 Å². The van der Waals surface area contributed by atoms with Gasteiger partial charge in [-0.25, -0.2) is 4.68 Å². The fourth-order valence-electron chi connectivity index (χ4n) is 3.15. The minimum absolute atomic E-state index is 0.0149. The number of rotatable bonds is 3. The Bertz CT molecular complexity index is 848. The first-order valence-corrected chi connectivity index (χ1v) is 8.48. The van der Waals surface area contributed by atoms with E-state index in [0.717, 1.165) is 22.2 Å². The molecule has 24 heavy (non-hydrogen) atoms. The van der Waals surface area contributed by atoms with Crippen LogP contribution in [0.2, 0.25) is 0 Å². The van der Waals surface area contributed by atoms with Gasteiger partial charge in [-0.3, -0.25) is 0 Å². The summed E-state index contributed by atoms with van der Waals surface area (Å²) in [6, 6.07) is 16.5. The average Bonchev–Trinajstić information content (AvgIpc) is 3.10. The van der Waals surface area contributed by atoms with Crippen molar-refractivity contribution in [2.24, 2.45) is 0 Å². The van der Waals surface area contributed by atoms with E-state index in [4.69, 9.17) is 4.74 Å². The highest BCUT2D eigenvalue weighted by Crippen LogP contribution is 2.40. The van der Waals surface area contributed by atoms with Gasteiger partial charge in [0.05, 0.1) is 19.2 Å². The van der Waals surface area contributed by atoms with Crippen molar-refractivity contribution in [2.45, 2.75) is 18.5 Å². The second-order valence-corrected chi connectivity index (χ2v) is 6.60. The fraction of sp³-hybridized carbons (Fsp3) is 0.235. The van der Waals surface area contributed by atoms with Crippen molar-refractivity contribution >= 4 is 21.9 Å². The smallest absolute Gasteiger partial charge is 0.243 e. The number of benzene rings is 2. The standard InChI is InChI=1S/C17H16BrN5O/c1-24-16-5-3-2-4-13(16)15-10-14(11-6-8-12(18)9-7-11)19-17-20-21-22-23(15)17/h2-9,14-15H,10H2,1H3,(H,19,20,22)/t14-,15+/m0/s1. The molecule has 0 spiro atoms. The highest BCUT2D eigenvalue weighted by Gasteiger charge is 2.32. The molecule has 1 aromatic heterocycles. The number of methoxy groups -OCH3 is 1. The predicted molar refractivity (Wildman–Crippen MR) is 94.1 cm³/mol. The molecule has 1 aliphatic heterocycles. The summed E-state index contributed by atoms with van der Waals surface area (Å²) in [7, 11) is 1.69. The molecule has 0 fully saturated rings. The molecule has 0 bridgehead atoms. The lowest BCUT2D eigenvalue weighted by atomic mass is 9.93. The van der Waals surface area contributed by atoms with Crippen molar-refractivity contribution in [3.63, 3.8) is 0 Å². The Balaban J connectivity index is 1.75. The van der Waals surface area contributed by atoms with Gasteiger partial charge in [-0.05, 0) is 40.6 Å². The summed E-state index contributed by atoms with van der Waals surface area (Å²) in [4.78, 5) is 0. The molecule has 0 radical (unpaired) electrons. The van der Waals surface area contributed by atoms with Gasteiger partial charge < -0.3 is 10.1 Å². The minimum Gasteiger partial charge on any atom is -0.496 e. The van der Waals surface area contributed by atoms with Gasteiger partial charge >= 0.3 is 0 Å². The van der Waals surface area contributed by atoms with Gasteiger partial charge in [-0.1, -0.05) is 51.4 Å². The molecule has 4 rings (SSSR count). The lowest BCUT2D eigenvalue weighted by Gasteiger charge is -2.31. The largest absolute Gasteiger partial charge is 0.496 e. The zero-order valence-corrected chi connectivity index (χ0v) is 14.6. The molecule has 1 aliphatic rings. The third-order valence-electron chi connectivity index (χ3n) is 4.32. The van der Waals surface area contributed by atoms with Crippen LogP contribution in [0.5, 0.6) is 5.75 Å². The van der Waals surface area contributed by atoms with Crippen LogP contribution in [0.25, 0.3) is 0 Å². The monoisotopic (exact) mass is 385 g/mol. The van der Waals surface area contributed by atoms with Crippen LogP contribution in [0.1, 0.15) is 29.6 Å². The maximum atomic E-state index is 5.54. The number of hydrogen-bond acceptors (Lipinski definition) is 5. The Morgan fingerprint density at radius 3 is 2.75 bits per heavy atom. The van der Waals surface area contributed by atoms with Crippen LogP contribution in [-0.2, 0) is 0 Å². The lowest BCUT2D eigenvalue weighted by molar-refractivity contribution is 0.377. The molecule has 0 aliphatic carbocycles. The molecule has 7 heteroatoms. The van der Waals surface area contributed by atoms with Crippen molar-refractivity contribution in [3.8, 4) is 5.75 Å². The molecule has 2 atom stereocenters. The Kier molecular flexibility index (Phi) is 3.93. The Labute approximate surface area is 148 Å². The van der Waals surface area contributed by atoms with Crippen LogP contribution in [0.4, 0.5) is 5.95 Å².